The van der Waals surface area contributed by atoms with E-state index < -0.39 is 17.7 Å². The summed E-state index contributed by atoms with van der Waals surface area (Å²) in [6, 6.07) is 15.1. The average Bonchev–Trinajstić information content (AvgIpc) is 2.67. The molecule has 0 saturated heterocycles. The second-order valence-electron chi connectivity index (χ2n) is 6.71. The van der Waals surface area contributed by atoms with Gasteiger partial charge in [-0.1, -0.05) is 30.3 Å². The zero-order valence-electron chi connectivity index (χ0n) is 15.7. The lowest BCUT2D eigenvalue weighted by molar-refractivity contribution is -0.138. The molecule has 3 aromatic rings. The van der Waals surface area contributed by atoms with Crippen LogP contribution in [0.2, 0.25) is 0 Å². The molecule has 0 heterocycles. The molecule has 1 N–H and O–H groups in total. The van der Waals surface area contributed by atoms with Crippen LogP contribution >= 0.6 is 0 Å². The van der Waals surface area contributed by atoms with Crippen LogP contribution in [0.4, 0.5) is 18.9 Å². The Kier molecular flexibility index (Phi) is 5.31. The molecule has 0 radical (unpaired) electrons. The van der Waals surface area contributed by atoms with E-state index in [-0.39, 0.29) is 17.2 Å². The fourth-order valence-electron chi connectivity index (χ4n) is 3.05. The molecule has 1 amide bonds. The molecule has 0 spiro atoms. The number of alkyl halides is 3. The number of nitrogens with one attached hydrogen (secondary N) is 1. The number of anilines is 1. The normalized spacial score (nSPS) is 12.6. The second-order valence-corrected chi connectivity index (χ2v) is 6.71. The molecule has 1 atom stereocenters. The van der Waals surface area contributed by atoms with Crippen molar-refractivity contribution in [3.05, 3.63) is 71.3 Å². The summed E-state index contributed by atoms with van der Waals surface area (Å²) in [5, 5.41) is 4.51. The van der Waals surface area contributed by atoms with Crippen molar-refractivity contribution < 1.29 is 22.7 Å². The van der Waals surface area contributed by atoms with Crippen LogP contribution in [-0.4, -0.2) is 13.0 Å². The summed E-state index contributed by atoms with van der Waals surface area (Å²) in [6.45, 7) is 3.11. The molecular formula is C22H20F3NO2. The standard InChI is InChI=1S/C22H20F3NO2/c1-13-4-8-18(12-20(13)22(23,24)25)26-21(27)14(2)15-5-6-17-11-19(28-3)9-7-16(17)10-15/h4-12,14H,1-3H3,(H,26,27)/t14-/m0/s1. The molecule has 0 bridgehead atoms. The van der Waals surface area contributed by atoms with Gasteiger partial charge in [0, 0.05) is 5.69 Å². The lowest BCUT2D eigenvalue weighted by Gasteiger charge is -2.16. The Morgan fingerprint density at radius 2 is 1.68 bits per heavy atom. The highest BCUT2D eigenvalue weighted by Gasteiger charge is 2.32. The number of methoxy groups -OCH3 is 1. The first-order chi connectivity index (χ1) is 13.2. The maximum absolute atomic E-state index is 13.1. The Hall–Kier alpha value is -3.02. The van der Waals surface area contributed by atoms with E-state index >= 15 is 0 Å². The summed E-state index contributed by atoms with van der Waals surface area (Å²) < 4.78 is 44.4. The largest absolute Gasteiger partial charge is 0.497 e. The summed E-state index contributed by atoms with van der Waals surface area (Å²) in [6.07, 6.45) is -4.46. The number of aryl methyl sites for hydroxylation is 1. The van der Waals surface area contributed by atoms with Gasteiger partial charge >= 0.3 is 6.18 Å². The number of halogens is 3. The van der Waals surface area contributed by atoms with Crippen molar-refractivity contribution in [2.45, 2.75) is 25.9 Å². The topological polar surface area (TPSA) is 38.3 Å². The Morgan fingerprint density at radius 1 is 1.00 bits per heavy atom. The first kappa shape index (κ1) is 19.7. The monoisotopic (exact) mass is 387 g/mol. The van der Waals surface area contributed by atoms with Gasteiger partial charge in [-0.3, -0.25) is 4.79 Å². The molecule has 3 rings (SSSR count). The predicted octanol–water partition coefficient (Wildman–Crippen LogP) is 5.92. The minimum absolute atomic E-state index is 0.114. The number of carbonyl (C=O) groups excluding carboxylic acids is 1. The van der Waals surface area contributed by atoms with Crippen LogP contribution in [0.1, 0.15) is 29.5 Å². The first-order valence-electron chi connectivity index (χ1n) is 8.75. The minimum atomic E-state index is -4.46. The molecular weight excluding hydrogens is 367 g/mol. The Bertz CT molecular complexity index is 1030. The van der Waals surface area contributed by atoms with Crippen LogP contribution in [0.15, 0.2) is 54.6 Å². The van der Waals surface area contributed by atoms with Gasteiger partial charge < -0.3 is 10.1 Å². The van der Waals surface area contributed by atoms with Crippen molar-refractivity contribution in [1.29, 1.82) is 0 Å². The zero-order chi connectivity index (χ0) is 20.5. The van der Waals surface area contributed by atoms with E-state index in [0.717, 1.165) is 28.2 Å². The molecule has 3 aromatic carbocycles. The molecule has 28 heavy (non-hydrogen) atoms. The van der Waals surface area contributed by atoms with Crippen LogP contribution in [0.25, 0.3) is 10.8 Å². The lowest BCUT2D eigenvalue weighted by atomic mass is 9.96. The Morgan fingerprint density at radius 3 is 2.36 bits per heavy atom. The molecule has 0 unspecified atom stereocenters. The van der Waals surface area contributed by atoms with Gasteiger partial charge in [-0.25, -0.2) is 0 Å². The fourth-order valence-corrected chi connectivity index (χ4v) is 3.05. The highest BCUT2D eigenvalue weighted by Crippen LogP contribution is 2.34. The van der Waals surface area contributed by atoms with Gasteiger partial charge in [-0.05, 0) is 60.0 Å². The smallest absolute Gasteiger partial charge is 0.416 e. The van der Waals surface area contributed by atoms with Crippen LogP contribution in [0, 0.1) is 6.92 Å². The maximum atomic E-state index is 13.1. The third-order valence-electron chi connectivity index (χ3n) is 4.78. The first-order valence-corrected chi connectivity index (χ1v) is 8.75. The summed E-state index contributed by atoms with van der Waals surface area (Å²) in [4.78, 5) is 12.6. The number of carbonyl (C=O) groups is 1. The third-order valence-corrected chi connectivity index (χ3v) is 4.78. The van der Waals surface area contributed by atoms with Gasteiger partial charge in [0.05, 0.1) is 18.6 Å². The van der Waals surface area contributed by atoms with Crippen LogP contribution in [-0.2, 0) is 11.0 Å². The van der Waals surface area contributed by atoms with E-state index in [1.807, 2.05) is 36.4 Å². The van der Waals surface area contributed by atoms with Crippen molar-refractivity contribution in [3.63, 3.8) is 0 Å². The van der Waals surface area contributed by atoms with Gasteiger partial charge in [0.25, 0.3) is 0 Å². The maximum Gasteiger partial charge on any atom is 0.416 e. The number of hydrogen-bond acceptors (Lipinski definition) is 2. The van der Waals surface area contributed by atoms with E-state index in [9.17, 15) is 18.0 Å². The minimum Gasteiger partial charge on any atom is -0.497 e. The molecule has 0 aliphatic heterocycles. The molecule has 0 aromatic heterocycles. The summed E-state index contributed by atoms with van der Waals surface area (Å²) in [5.74, 6) is -0.155. The number of amides is 1. The van der Waals surface area contributed by atoms with Gasteiger partial charge in [-0.15, -0.1) is 0 Å². The SMILES string of the molecule is COc1ccc2cc([C@H](C)C(=O)Nc3ccc(C)c(C(F)(F)F)c3)ccc2c1. The molecule has 6 heteroatoms. The van der Waals surface area contributed by atoms with Gasteiger partial charge in [0.2, 0.25) is 5.91 Å². The van der Waals surface area contributed by atoms with Crippen molar-refractivity contribution >= 4 is 22.4 Å². The van der Waals surface area contributed by atoms with E-state index in [1.54, 1.807) is 14.0 Å². The zero-order valence-corrected chi connectivity index (χ0v) is 15.7. The molecule has 0 aliphatic rings. The number of rotatable bonds is 4. The van der Waals surface area contributed by atoms with Crippen LogP contribution < -0.4 is 10.1 Å². The number of fused-ring (bicyclic) bond motifs is 1. The van der Waals surface area contributed by atoms with Crippen LogP contribution in [0.3, 0.4) is 0 Å². The molecule has 0 saturated carbocycles. The van der Waals surface area contributed by atoms with Gasteiger partial charge in [-0.2, -0.15) is 13.2 Å². The van der Waals surface area contributed by atoms with Gasteiger partial charge in [0.1, 0.15) is 5.75 Å². The van der Waals surface area contributed by atoms with E-state index in [0.29, 0.717) is 0 Å². The number of ether oxygens (including phenoxy) is 1. The third kappa shape index (κ3) is 4.11. The Labute approximate surface area is 161 Å². The number of benzene rings is 3. The fraction of sp³-hybridized carbons (Fsp3) is 0.227. The van der Waals surface area contributed by atoms with E-state index in [2.05, 4.69) is 5.32 Å². The molecule has 0 aliphatic carbocycles. The van der Waals surface area contributed by atoms with E-state index in [1.165, 1.54) is 19.1 Å². The summed E-state index contributed by atoms with van der Waals surface area (Å²) >= 11 is 0. The molecule has 3 nitrogen and oxygen atoms in total. The predicted molar refractivity (Wildman–Crippen MR) is 104 cm³/mol. The van der Waals surface area contributed by atoms with E-state index in [4.69, 9.17) is 4.74 Å². The average molecular weight is 387 g/mol. The van der Waals surface area contributed by atoms with Crippen molar-refractivity contribution in [3.8, 4) is 5.75 Å². The van der Waals surface area contributed by atoms with Crippen molar-refractivity contribution in [2.24, 2.45) is 0 Å². The van der Waals surface area contributed by atoms with Crippen molar-refractivity contribution in [2.75, 3.05) is 12.4 Å². The second kappa shape index (κ2) is 7.54. The molecule has 0 fully saturated rings. The molecule has 146 valence electrons. The summed E-state index contributed by atoms with van der Waals surface area (Å²) in [7, 11) is 1.59. The highest BCUT2D eigenvalue weighted by molar-refractivity contribution is 5.96. The van der Waals surface area contributed by atoms with Gasteiger partial charge in [0.15, 0.2) is 0 Å². The Balaban J connectivity index is 1.82. The quantitative estimate of drug-likeness (QED) is 0.604. The van der Waals surface area contributed by atoms with Crippen molar-refractivity contribution in [1.82, 2.24) is 0 Å². The number of hydrogen-bond donors (Lipinski definition) is 1. The summed E-state index contributed by atoms with van der Waals surface area (Å²) in [5.41, 5.74) is 0.264. The van der Waals surface area contributed by atoms with Crippen LogP contribution in [0.5, 0.6) is 5.75 Å². The lowest BCUT2D eigenvalue weighted by Crippen LogP contribution is -2.19. The highest BCUT2D eigenvalue weighted by atomic mass is 19.4.